The summed E-state index contributed by atoms with van der Waals surface area (Å²) in [6.07, 6.45) is 2.60. The van der Waals surface area contributed by atoms with Crippen LogP contribution in [0.25, 0.3) is 0 Å². The van der Waals surface area contributed by atoms with Crippen molar-refractivity contribution in [3.8, 4) is 5.75 Å². The first-order valence-corrected chi connectivity index (χ1v) is 6.59. The molecule has 1 atom stereocenters. The fourth-order valence-electron chi connectivity index (χ4n) is 2.27. The van der Waals surface area contributed by atoms with Crippen LogP contribution >= 0.6 is 0 Å². The smallest absolute Gasteiger partial charge is 0.169 e. The monoisotopic (exact) mass is 248 g/mol. The second-order valence-corrected chi connectivity index (χ2v) is 4.69. The number of benzene rings is 1. The fourth-order valence-corrected chi connectivity index (χ4v) is 2.27. The van der Waals surface area contributed by atoms with Gasteiger partial charge in [-0.15, -0.1) is 0 Å². The van der Waals surface area contributed by atoms with E-state index in [1.54, 1.807) is 0 Å². The lowest BCUT2D eigenvalue weighted by Crippen LogP contribution is -2.14. The second kappa shape index (κ2) is 6.01. The molecule has 1 aliphatic heterocycles. The van der Waals surface area contributed by atoms with Crippen LogP contribution in [0.2, 0.25) is 0 Å². The lowest BCUT2D eigenvalue weighted by molar-refractivity contribution is 0.0773. The first-order valence-electron chi connectivity index (χ1n) is 6.59. The zero-order valence-electron chi connectivity index (χ0n) is 11.1. The summed E-state index contributed by atoms with van der Waals surface area (Å²) in [4.78, 5) is 12.3. The van der Waals surface area contributed by atoms with Gasteiger partial charge in [0.2, 0.25) is 0 Å². The van der Waals surface area contributed by atoms with Gasteiger partial charge in [0.05, 0.1) is 18.3 Å². The summed E-state index contributed by atoms with van der Waals surface area (Å²) in [7, 11) is 0. The number of Topliss-reactive ketones (excluding diaryl/α,β-unsaturated/α-hetero) is 1. The molecule has 0 amide bonds. The van der Waals surface area contributed by atoms with E-state index in [9.17, 15) is 4.79 Å². The van der Waals surface area contributed by atoms with Crippen LogP contribution < -0.4 is 4.74 Å². The zero-order valence-corrected chi connectivity index (χ0v) is 11.1. The van der Waals surface area contributed by atoms with Crippen LogP contribution in [0.1, 0.15) is 42.1 Å². The predicted molar refractivity (Wildman–Crippen MR) is 70.3 cm³/mol. The van der Waals surface area contributed by atoms with Gasteiger partial charge in [-0.05, 0) is 38.8 Å². The summed E-state index contributed by atoms with van der Waals surface area (Å²) in [5.74, 6) is 0.806. The van der Waals surface area contributed by atoms with Gasteiger partial charge in [0.1, 0.15) is 5.75 Å². The highest BCUT2D eigenvalue weighted by molar-refractivity contribution is 5.99. The van der Waals surface area contributed by atoms with E-state index in [4.69, 9.17) is 9.47 Å². The van der Waals surface area contributed by atoms with Gasteiger partial charge >= 0.3 is 0 Å². The molecular weight excluding hydrogens is 228 g/mol. The molecule has 0 saturated carbocycles. The average Bonchev–Trinajstić information content (AvgIpc) is 2.84. The molecule has 1 aromatic rings. The highest BCUT2D eigenvalue weighted by atomic mass is 16.5. The summed E-state index contributed by atoms with van der Waals surface area (Å²) < 4.78 is 11.0. The van der Waals surface area contributed by atoms with Gasteiger partial charge < -0.3 is 9.47 Å². The highest BCUT2D eigenvalue weighted by Gasteiger charge is 2.22. The molecule has 1 saturated heterocycles. The lowest BCUT2D eigenvalue weighted by atomic mass is 10.0. The summed E-state index contributed by atoms with van der Waals surface area (Å²) in [6.45, 7) is 5.26. The van der Waals surface area contributed by atoms with Crippen LogP contribution in [0.4, 0.5) is 0 Å². The van der Waals surface area contributed by atoms with Gasteiger partial charge in [0, 0.05) is 13.0 Å². The predicted octanol–water partition coefficient (Wildman–Crippen LogP) is 3.15. The topological polar surface area (TPSA) is 35.5 Å². The van der Waals surface area contributed by atoms with Crippen molar-refractivity contribution in [1.82, 2.24) is 0 Å². The molecule has 0 aromatic heterocycles. The quantitative estimate of drug-likeness (QED) is 0.751. The molecule has 3 heteroatoms. The summed E-state index contributed by atoms with van der Waals surface area (Å²) in [5.41, 5.74) is 1.77. The Morgan fingerprint density at radius 1 is 1.50 bits per heavy atom. The fraction of sp³-hybridized carbons (Fsp3) is 0.533. The van der Waals surface area contributed by atoms with Crippen molar-refractivity contribution >= 4 is 5.78 Å². The maximum Gasteiger partial charge on any atom is 0.169 e. The Hall–Kier alpha value is -1.35. The van der Waals surface area contributed by atoms with Crippen LogP contribution in [0, 0.1) is 6.92 Å². The standard InChI is InChI=1S/C15H20O3/c1-3-17-15-7-6-11(2)9-13(15)14(16)10-12-5-4-8-18-12/h6-7,9,12H,3-5,8,10H2,1-2H3. The third kappa shape index (κ3) is 3.10. The molecule has 2 rings (SSSR count). The minimum absolute atomic E-state index is 0.0903. The van der Waals surface area contributed by atoms with Crippen LogP contribution in [0.15, 0.2) is 18.2 Å². The number of aryl methyl sites for hydroxylation is 1. The van der Waals surface area contributed by atoms with E-state index in [0.29, 0.717) is 24.3 Å². The molecule has 1 unspecified atom stereocenters. The normalized spacial score (nSPS) is 18.9. The Balaban J connectivity index is 2.14. The number of ether oxygens (including phenoxy) is 2. The minimum atomic E-state index is 0.0903. The number of rotatable bonds is 5. The Morgan fingerprint density at radius 3 is 3.00 bits per heavy atom. The molecular formula is C15H20O3. The van der Waals surface area contributed by atoms with Crippen molar-refractivity contribution in [2.45, 2.75) is 39.2 Å². The van der Waals surface area contributed by atoms with Crippen molar-refractivity contribution in [3.05, 3.63) is 29.3 Å². The molecule has 0 bridgehead atoms. The van der Waals surface area contributed by atoms with Gasteiger partial charge in [-0.2, -0.15) is 0 Å². The lowest BCUT2D eigenvalue weighted by Gasteiger charge is -2.12. The van der Waals surface area contributed by atoms with Crippen molar-refractivity contribution < 1.29 is 14.3 Å². The third-order valence-corrected chi connectivity index (χ3v) is 3.17. The molecule has 98 valence electrons. The number of carbonyl (C=O) groups excluding carboxylic acids is 1. The van der Waals surface area contributed by atoms with E-state index in [1.165, 1.54) is 0 Å². The molecule has 1 fully saturated rings. The molecule has 18 heavy (non-hydrogen) atoms. The molecule has 0 spiro atoms. The summed E-state index contributed by atoms with van der Waals surface area (Å²) in [6, 6.07) is 5.75. The van der Waals surface area contributed by atoms with Crippen molar-refractivity contribution in [2.24, 2.45) is 0 Å². The van der Waals surface area contributed by atoms with E-state index >= 15 is 0 Å². The van der Waals surface area contributed by atoms with Crippen molar-refractivity contribution in [3.63, 3.8) is 0 Å². The first kappa shape index (κ1) is 13.1. The minimum Gasteiger partial charge on any atom is -0.493 e. The van der Waals surface area contributed by atoms with Gasteiger partial charge in [0.25, 0.3) is 0 Å². The van der Waals surface area contributed by atoms with Crippen LogP contribution in [0.3, 0.4) is 0 Å². The highest BCUT2D eigenvalue weighted by Crippen LogP contribution is 2.24. The summed E-state index contributed by atoms with van der Waals surface area (Å²) in [5, 5.41) is 0. The molecule has 1 aliphatic rings. The van der Waals surface area contributed by atoms with E-state index < -0.39 is 0 Å². The van der Waals surface area contributed by atoms with E-state index in [1.807, 2.05) is 32.0 Å². The van der Waals surface area contributed by atoms with E-state index in [2.05, 4.69) is 0 Å². The maximum absolute atomic E-state index is 12.3. The third-order valence-electron chi connectivity index (χ3n) is 3.17. The van der Waals surface area contributed by atoms with Crippen LogP contribution in [-0.4, -0.2) is 25.1 Å². The molecule has 1 aromatic carbocycles. The Morgan fingerprint density at radius 2 is 2.33 bits per heavy atom. The van der Waals surface area contributed by atoms with Gasteiger partial charge in [0.15, 0.2) is 5.78 Å². The first-order chi connectivity index (χ1) is 8.70. The molecule has 1 heterocycles. The molecule has 0 aliphatic carbocycles. The van der Waals surface area contributed by atoms with Crippen molar-refractivity contribution in [2.75, 3.05) is 13.2 Å². The van der Waals surface area contributed by atoms with E-state index in [0.717, 1.165) is 25.0 Å². The van der Waals surface area contributed by atoms with Crippen molar-refractivity contribution in [1.29, 1.82) is 0 Å². The van der Waals surface area contributed by atoms with Crippen LogP contribution in [-0.2, 0) is 4.74 Å². The number of ketones is 1. The molecule has 0 N–H and O–H groups in total. The Kier molecular flexibility index (Phi) is 4.37. The Labute approximate surface area is 108 Å². The largest absolute Gasteiger partial charge is 0.493 e. The number of hydrogen-bond donors (Lipinski definition) is 0. The SMILES string of the molecule is CCOc1ccc(C)cc1C(=O)CC1CCCO1. The van der Waals surface area contributed by atoms with Gasteiger partial charge in [-0.3, -0.25) is 4.79 Å². The number of carbonyl (C=O) groups is 1. The second-order valence-electron chi connectivity index (χ2n) is 4.69. The van der Waals surface area contributed by atoms with E-state index in [-0.39, 0.29) is 11.9 Å². The van der Waals surface area contributed by atoms with Gasteiger partial charge in [-0.25, -0.2) is 0 Å². The average molecular weight is 248 g/mol. The number of hydrogen-bond acceptors (Lipinski definition) is 3. The molecule has 3 nitrogen and oxygen atoms in total. The zero-order chi connectivity index (χ0) is 13.0. The van der Waals surface area contributed by atoms with Crippen LogP contribution in [0.5, 0.6) is 5.75 Å². The Bertz CT molecular complexity index is 420. The summed E-state index contributed by atoms with van der Waals surface area (Å²) >= 11 is 0. The molecule has 0 radical (unpaired) electrons. The maximum atomic E-state index is 12.3. The van der Waals surface area contributed by atoms with Gasteiger partial charge in [-0.1, -0.05) is 11.6 Å².